The molecule has 0 unspecified atom stereocenters. The van der Waals surface area contributed by atoms with Crippen LogP contribution >= 0.6 is 7.14 Å². The van der Waals surface area contributed by atoms with Gasteiger partial charge in [0.1, 0.15) is 11.6 Å². The van der Waals surface area contributed by atoms with Gasteiger partial charge in [0.2, 0.25) is 5.88 Å². The van der Waals surface area contributed by atoms with Crippen molar-refractivity contribution in [2.24, 2.45) is 0 Å². The van der Waals surface area contributed by atoms with Crippen LogP contribution in [0.1, 0.15) is 0 Å². The smallest absolute Gasteiger partial charge is 0.227 e. The van der Waals surface area contributed by atoms with Crippen molar-refractivity contribution >= 4 is 23.1 Å². The largest absolute Gasteiger partial charge is 0.480 e. The van der Waals surface area contributed by atoms with Gasteiger partial charge in [-0.15, -0.1) is 0 Å². The predicted octanol–water partition coefficient (Wildman–Crippen LogP) is 2.12. The van der Waals surface area contributed by atoms with Crippen LogP contribution in [-0.2, 0) is 4.57 Å². The number of hydrogen-bond acceptors (Lipinski definition) is 4. The SMILES string of the molecule is COc1ncncc1P(=O)(c1ccccc1)c1ccccc1. The molecule has 22 heavy (non-hydrogen) atoms. The molecule has 0 aliphatic carbocycles. The lowest BCUT2D eigenvalue weighted by atomic mass is 10.4. The van der Waals surface area contributed by atoms with Crippen molar-refractivity contribution in [3.8, 4) is 5.88 Å². The molecule has 0 radical (unpaired) electrons. The molecule has 1 heterocycles. The van der Waals surface area contributed by atoms with E-state index >= 15 is 0 Å². The summed E-state index contributed by atoms with van der Waals surface area (Å²) < 4.78 is 19.3. The quantitative estimate of drug-likeness (QED) is 0.693. The van der Waals surface area contributed by atoms with Crippen LogP contribution in [0.3, 0.4) is 0 Å². The first kappa shape index (κ1) is 14.5. The minimum atomic E-state index is -3.08. The Balaban J connectivity index is 2.32. The molecule has 0 aliphatic heterocycles. The van der Waals surface area contributed by atoms with Gasteiger partial charge in [-0.25, -0.2) is 9.97 Å². The summed E-state index contributed by atoms with van der Waals surface area (Å²) in [5.74, 6) is 0.339. The van der Waals surface area contributed by atoms with Crippen LogP contribution in [0.4, 0.5) is 0 Å². The van der Waals surface area contributed by atoms with Gasteiger partial charge in [-0.1, -0.05) is 60.7 Å². The van der Waals surface area contributed by atoms with Crippen LogP contribution in [0.15, 0.2) is 73.2 Å². The number of ether oxygens (including phenoxy) is 1. The second-order valence-corrected chi connectivity index (χ2v) is 7.43. The average molecular weight is 310 g/mol. The summed E-state index contributed by atoms with van der Waals surface area (Å²) in [7, 11) is -1.56. The third-order valence-electron chi connectivity index (χ3n) is 3.43. The number of hydrogen-bond donors (Lipinski definition) is 0. The molecule has 0 amide bonds. The van der Waals surface area contributed by atoms with Gasteiger partial charge in [0, 0.05) is 16.8 Å². The van der Waals surface area contributed by atoms with Crippen molar-refractivity contribution in [2.75, 3.05) is 7.11 Å². The molecule has 5 heteroatoms. The third-order valence-corrected chi connectivity index (χ3v) is 6.47. The fourth-order valence-electron chi connectivity index (χ4n) is 2.39. The zero-order chi connectivity index (χ0) is 15.4. The number of benzene rings is 2. The van der Waals surface area contributed by atoms with Crippen LogP contribution in [0.25, 0.3) is 0 Å². The fourth-order valence-corrected chi connectivity index (χ4v) is 5.07. The Hall–Kier alpha value is -2.45. The Labute approximate surface area is 129 Å². The molecule has 0 fully saturated rings. The summed E-state index contributed by atoms with van der Waals surface area (Å²) in [5, 5.41) is 1.97. The molecule has 3 aromatic rings. The Morgan fingerprint density at radius 2 is 1.45 bits per heavy atom. The summed E-state index contributed by atoms with van der Waals surface area (Å²) in [6.45, 7) is 0. The van der Waals surface area contributed by atoms with Crippen molar-refractivity contribution in [1.29, 1.82) is 0 Å². The molecule has 1 aromatic heterocycles. The summed E-state index contributed by atoms with van der Waals surface area (Å²) in [5.41, 5.74) is 0. The summed E-state index contributed by atoms with van der Waals surface area (Å²) in [6.07, 6.45) is 2.97. The fraction of sp³-hybridized carbons (Fsp3) is 0.0588. The van der Waals surface area contributed by atoms with E-state index in [9.17, 15) is 4.57 Å². The summed E-state index contributed by atoms with van der Waals surface area (Å²) in [6, 6.07) is 18.8. The first-order chi connectivity index (χ1) is 10.8. The predicted molar refractivity (Wildman–Crippen MR) is 88.0 cm³/mol. The van der Waals surface area contributed by atoms with Crippen LogP contribution in [0.5, 0.6) is 5.88 Å². The highest BCUT2D eigenvalue weighted by Crippen LogP contribution is 2.44. The number of nitrogens with zero attached hydrogens (tertiary/aromatic N) is 2. The molecule has 0 saturated heterocycles. The zero-order valence-electron chi connectivity index (χ0n) is 12.1. The van der Waals surface area contributed by atoms with Gasteiger partial charge in [-0.2, -0.15) is 0 Å². The second kappa shape index (κ2) is 6.12. The first-order valence-electron chi connectivity index (χ1n) is 6.82. The molecule has 110 valence electrons. The third kappa shape index (κ3) is 2.42. The standard InChI is InChI=1S/C17H15N2O2P/c1-21-17-16(12-18-13-19-17)22(20,14-8-4-2-5-9-14)15-10-6-3-7-11-15/h2-13H,1H3. The molecule has 2 aromatic carbocycles. The maximum absolute atomic E-state index is 14.0. The maximum Gasteiger partial charge on any atom is 0.227 e. The van der Waals surface area contributed by atoms with Gasteiger partial charge in [0.25, 0.3) is 0 Å². The van der Waals surface area contributed by atoms with Crippen molar-refractivity contribution < 1.29 is 9.30 Å². The van der Waals surface area contributed by atoms with Gasteiger partial charge < -0.3 is 9.30 Å². The van der Waals surface area contributed by atoms with Crippen molar-refractivity contribution in [3.05, 3.63) is 73.2 Å². The number of rotatable bonds is 4. The van der Waals surface area contributed by atoms with E-state index < -0.39 is 7.14 Å². The topological polar surface area (TPSA) is 52.1 Å². The zero-order valence-corrected chi connectivity index (χ0v) is 13.0. The summed E-state index contributed by atoms with van der Waals surface area (Å²) in [4.78, 5) is 8.16. The van der Waals surface area contributed by atoms with Crippen LogP contribution in [-0.4, -0.2) is 17.1 Å². The van der Waals surface area contributed by atoms with Crippen LogP contribution in [0.2, 0.25) is 0 Å². The molecule has 3 rings (SSSR count). The molecular weight excluding hydrogens is 295 g/mol. The van der Waals surface area contributed by atoms with Gasteiger partial charge in [0.05, 0.1) is 7.11 Å². The normalized spacial score (nSPS) is 11.1. The van der Waals surface area contributed by atoms with E-state index in [1.165, 1.54) is 13.4 Å². The van der Waals surface area contributed by atoms with Crippen molar-refractivity contribution in [2.45, 2.75) is 0 Å². The Bertz CT molecular complexity index is 764. The molecule has 0 N–H and O–H groups in total. The lowest BCUT2D eigenvalue weighted by Crippen LogP contribution is -2.26. The van der Waals surface area contributed by atoms with E-state index in [2.05, 4.69) is 9.97 Å². The highest BCUT2D eigenvalue weighted by atomic mass is 31.2. The second-order valence-electron chi connectivity index (χ2n) is 4.70. The van der Waals surface area contributed by atoms with E-state index in [0.29, 0.717) is 11.2 Å². The Morgan fingerprint density at radius 1 is 0.909 bits per heavy atom. The van der Waals surface area contributed by atoms with E-state index in [1.807, 2.05) is 60.7 Å². The van der Waals surface area contributed by atoms with E-state index in [4.69, 9.17) is 4.74 Å². The van der Waals surface area contributed by atoms with Crippen LogP contribution < -0.4 is 20.7 Å². The Morgan fingerprint density at radius 3 is 1.95 bits per heavy atom. The minimum absolute atomic E-state index is 0.339. The van der Waals surface area contributed by atoms with E-state index in [-0.39, 0.29) is 0 Å². The first-order valence-corrected chi connectivity index (χ1v) is 8.53. The highest BCUT2D eigenvalue weighted by molar-refractivity contribution is 7.85. The molecular formula is C17H15N2O2P. The minimum Gasteiger partial charge on any atom is -0.480 e. The van der Waals surface area contributed by atoms with E-state index in [1.54, 1.807) is 6.20 Å². The van der Waals surface area contributed by atoms with Gasteiger partial charge in [0.15, 0.2) is 7.14 Å². The van der Waals surface area contributed by atoms with E-state index in [0.717, 1.165) is 10.6 Å². The Kier molecular flexibility index (Phi) is 4.03. The highest BCUT2D eigenvalue weighted by Gasteiger charge is 2.33. The lowest BCUT2D eigenvalue weighted by molar-refractivity contribution is 0.400. The molecule has 0 aliphatic rings. The molecule has 0 spiro atoms. The monoisotopic (exact) mass is 310 g/mol. The number of methoxy groups -OCH3 is 1. The molecule has 0 saturated carbocycles. The van der Waals surface area contributed by atoms with Gasteiger partial charge >= 0.3 is 0 Å². The molecule has 0 bridgehead atoms. The molecule has 4 nitrogen and oxygen atoms in total. The average Bonchev–Trinajstić information content (AvgIpc) is 2.62. The summed E-state index contributed by atoms with van der Waals surface area (Å²) >= 11 is 0. The van der Waals surface area contributed by atoms with Gasteiger partial charge in [-0.05, 0) is 0 Å². The van der Waals surface area contributed by atoms with Crippen molar-refractivity contribution in [3.63, 3.8) is 0 Å². The maximum atomic E-state index is 14.0. The lowest BCUT2D eigenvalue weighted by Gasteiger charge is -2.20. The van der Waals surface area contributed by atoms with Crippen LogP contribution in [0, 0.1) is 0 Å². The number of aromatic nitrogens is 2. The van der Waals surface area contributed by atoms with Gasteiger partial charge in [-0.3, -0.25) is 0 Å². The van der Waals surface area contributed by atoms with Crippen molar-refractivity contribution in [1.82, 2.24) is 9.97 Å². The molecule has 0 atom stereocenters.